The maximum absolute atomic E-state index is 11.7. The van der Waals surface area contributed by atoms with Crippen LogP contribution < -0.4 is 10.6 Å². The van der Waals surface area contributed by atoms with Crippen molar-refractivity contribution in [2.75, 3.05) is 23.4 Å². The molecule has 0 aromatic heterocycles. The Balaban J connectivity index is 1.79. The average molecular weight is 347 g/mol. The van der Waals surface area contributed by atoms with Crippen molar-refractivity contribution in [2.24, 2.45) is 0 Å². The van der Waals surface area contributed by atoms with Crippen LogP contribution in [0.4, 0.5) is 5.69 Å². The van der Waals surface area contributed by atoms with Crippen molar-refractivity contribution in [3.05, 3.63) is 28.7 Å². The van der Waals surface area contributed by atoms with E-state index in [9.17, 15) is 13.2 Å². The van der Waals surface area contributed by atoms with Crippen LogP contribution in [-0.2, 0) is 14.6 Å². The Hall–Kier alpha value is -1.08. The van der Waals surface area contributed by atoms with E-state index >= 15 is 0 Å². The zero-order chi connectivity index (χ0) is 13.9. The Kier molecular flexibility index (Phi) is 4.46. The highest BCUT2D eigenvalue weighted by molar-refractivity contribution is 9.10. The maximum atomic E-state index is 11.7. The molecule has 0 radical (unpaired) electrons. The minimum atomic E-state index is -2.96. The van der Waals surface area contributed by atoms with Crippen LogP contribution in [0.15, 0.2) is 28.7 Å². The van der Waals surface area contributed by atoms with Gasteiger partial charge in [-0.1, -0.05) is 22.0 Å². The van der Waals surface area contributed by atoms with Crippen LogP contribution in [0.5, 0.6) is 0 Å². The van der Waals surface area contributed by atoms with Gasteiger partial charge in [0.1, 0.15) is 0 Å². The lowest BCUT2D eigenvalue weighted by atomic mass is 10.2. The second-order valence-electron chi connectivity index (χ2n) is 4.53. The van der Waals surface area contributed by atoms with Crippen molar-refractivity contribution >= 4 is 37.4 Å². The highest BCUT2D eigenvalue weighted by atomic mass is 79.9. The Morgan fingerprint density at radius 2 is 2.21 bits per heavy atom. The molecule has 0 bridgehead atoms. The molecule has 1 fully saturated rings. The van der Waals surface area contributed by atoms with Crippen LogP contribution >= 0.6 is 15.9 Å². The number of hydrogen-bond donors (Lipinski definition) is 2. The van der Waals surface area contributed by atoms with E-state index in [0.717, 1.165) is 10.2 Å². The molecule has 104 valence electrons. The molecule has 1 aliphatic heterocycles. The van der Waals surface area contributed by atoms with E-state index < -0.39 is 9.84 Å². The van der Waals surface area contributed by atoms with E-state index in [1.54, 1.807) is 0 Å². The standard InChI is InChI=1S/C12H15BrN2O3S/c13-9-2-1-3-10(6-9)14-7-12(16)15-11-4-5-19(17,18)8-11/h1-3,6,11,14H,4-5,7-8H2,(H,15,16). The minimum Gasteiger partial charge on any atom is -0.376 e. The van der Waals surface area contributed by atoms with Gasteiger partial charge in [0.25, 0.3) is 0 Å². The first-order valence-corrected chi connectivity index (χ1v) is 8.55. The fourth-order valence-electron chi connectivity index (χ4n) is 1.97. The van der Waals surface area contributed by atoms with E-state index in [-0.39, 0.29) is 30.0 Å². The highest BCUT2D eigenvalue weighted by Crippen LogP contribution is 2.15. The van der Waals surface area contributed by atoms with E-state index in [2.05, 4.69) is 26.6 Å². The molecule has 1 saturated heterocycles. The smallest absolute Gasteiger partial charge is 0.239 e. The number of anilines is 1. The van der Waals surface area contributed by atoms with Crippen LogP contribution in [0, 0.1) is 0 Å². The fourth-order valence-corrected chi connectivity index (χ4v) is 4.04. The van der Waals surface area contributed by atoms with E-state index in [4.69, 9.17) is 0 Å². The molecule has 1 heterocycles. The predicted octanol–water partition coefficient (Wildman–Crippen LogP) is 1.16. The summed E-state index contributed by atoms with van der Waals surface area (Å²) in [6.07, 6.45) is 0.505. The molecule has 1 aromatic carbocycles. The van der Waals surface area contributed by atoms with Crippen LogP contribution in [0.25, 0.3) is 0 Å². The summed E-state index contributed by atoms with van der Waals surface area (Å²) >= 11 is 3.35. The molecule has 1 unspecified atom stereocenters. The second kappa shape index (κ2) is 5.92. The Morgan fingerprint density at radius 3 is 2.84 bits per heavy atom. The van der Waals surface area contributed by atoms with Crippen molar-refractivity contribution in [1.82, 2.24) is 5.32 Å². The number of hydrogen-bond acceptors (Lipinski definition) is 4. The summed E-state index contributed by atoms with van der Waals surface area (Å²) in [5, 5.41) is 5.72. The molecule has 1 atom stereocenters. The van der Waals surface area contributed by atoms with Crippen molar-refractivity contribution in [3.8, 4) is 0 Å². The van der Waals surface area contributed by atoms with E-state index in [1.165, 1.54) is 0 Å². The summed E-state index contributed by atoms with van der Waals surface area (Å²) in [4.78, 5) is 11.7. The summed E-state index contributed by atoms with van der Waals surface area (Å²) in [5.74, 6) is 0.0224. The van der Waals surface area contributed by atoms with E-state index in [1.807, 2.05) is 24.3 Å². The first-order valence-electron chi connectivity index (χ1n) is 5.94. The quantitative estimate of drug-likeness (QED) is 0.857. The molecule has 7 heteroatoms. The third-order valence-electron chi connectivity index (χ3n) is 2.88. The molecule has 2 rings (SSSR count). The van der Waals surface area contributed by atoms with Gasteiger partial charge in [-0.2, -0.15) is 0 Å². The van der Waals surface area contributed by atoms with Crippen molar-refractivity contribution in [2.45, 2.75) is 12.5 Å². The van der Waals surface area contributed by atoms with Crippen LogP contribution in [0.3, 0.4) is 0 Å². The topological polar surface area (TPSA) is 75.3 Å². The van der Waals surface area contributed by atoms with Gasteiger partial charge in [0.2, 0.25) is 5.91 Å². The summed E-state index contributed by atoms with van der Waals surface area (Å²) in [5.41, 5.74) is 0.837. The van der Waals surface area contributed by atoms with Gasteiger partial charge >= 0.3 is 0 Å². The van der Waals surface area contributed by atoms with Crippen molar-refractivity contribution in [3.63, 3.8) is 0 Å². The third-order valence-corrected chi connectivity index (χ3v) is 5.14. The number of carbonyl (C=O) groups excluding carboxylic acids is 1. The van der Waals surface area contributed by atoms with Crippen LogP contribution in [0.1, 0.15) is 6.42 Å². The zero-order valence-electron chi connectivity index (χ0n) is 10.2. The lowest BCUT2D eigenvalue weighted by Gasteiger charge is -2.12. The minimum absolute atomic E-state index is 0.0512. The predicted molar refractivity (Wildman–Crippen MR) is 77.8 cm³/mol. The Morgan fingerprint density at radius 1 is 1.42 bits per heavy atom. The first kappa shape index (κ1) is 14.3. The van der Waals surface area contributed by atoms with Crippen LogP contribution in [-0.4, -0.2) is 38.4 Å². The molecule has 2 N–H and O–H groups in total. The molecule has 1 amide bonds. The van der Waals surface area contributed by atoms with Gasteiger partial charge in [0.05, 0.1) is 18.1 Å². The highest BCUT2D eigenvalue weighted by Gasteiger charge is 2.28. The monoisotopic (exact) mass is 346 g/mol. The van der Waals surface area contributed by atoms with E-state index in [0.29, 0.717) is 6.42 Å². The summed E-state index contributed by atoms with van der Waals surface area (Å²) < 4.78 is 23.5. The molecule has 5 nitrogen and oxygen atoms in total. The number of halogens is 1. The van der Waals surface area contributed by atoms with Gasteiger partial charge < -0.3 is 10.6 Å². The molecule has 1 aromatic rings. The molecule has 19 heavy (non-hydrogen) atoms. The number of amides is 1. The van der Waals surface area contributed by atoms with Crippen molar-refractivity contribution < 1.29 is 13.2 Å². The number of carbonyl (C=O) groups is 1. The maximum Gasteiger partial charge on any atom is 0.239 e. The van der Waals surface area contributed by atoms with Gasteiger partial charge in [0.15, 0.2) is 9.84 Å². The van der Waals surface area contributed by atoms with Crippen LogP contribution in [0.2, 0.25) is 0 Å². The number of benzene rings is 1. The van der Waals surface area contributed by atoms with Gasteiger partial charge in [-0.05, 0) is 24.6 Å². The third kappa shape index (κ3) is 4.50. The Labute approximate surface area is 120 Å². The SMILES string of the molecule is O=C(CNc1cccc(Br)c1)NC1CCS(=O)(=O)C1. The average Bonchev–Trinajstić information content (AvgIpc) is 2.66. The lowest BCUT2D eigenvalue weighted by Crippen LogP contribution is -2.39. The molecule has 1 aliphatic rings. The van der Waals surface area contributed by atoms with Gasteiger partial charge in [-0.25, -0.2) is 8.42 Å². The number of sulfone groups is 1. The largest absolute Gasteiger partial charge is 0.376 e. The van der Waals surface area contributed by atoms with Gasteiger partial charge in [-0.15, -0.1) is 0 Å². The Bertz CT molecular complexity index is 574. The molecule has 0 spiro atoms. The number of nitrogens with one attached hydrogen (secondary N) is 2. The fraction of sp³-hybridized carbons (Fsp3) is 0.417. The molecular formula is C12H15BrN2O3S. The summed E-state index contributed by atoms with van der Waals surface area (Å²) in [6, 6.07) is 7.25. The van der Waals surface area contributed by atoms with Gasteiger partial charge in [0, 0.05) is 16.2 Å². The molecular weight excluding hydrogens is 332 g/mol. The lowest BCUT2D eigenvalue weighted by molar-refractivity contribution is -0.119. The van der Waals surface area contributed by atoms with Gasteiger partial charge in [-0.3, -0.25) is 4.79 Å². The molecule has 0 aliphatic carbocycles. The zero-order valence-corrected chi connectivity index (χ0v) is 12.6. The summed E-state index contributed by atoms with van der Waals surface area (Å²) in [7, 11) is -2.96. The molecule has 0 saturated carbocycles. The first-order chi connectivity index (χ1) is 8.94. The second-order valence-corrected chi connectivity index (χ2v) is 7.68. The number of rotatable bonds is 4. The summed E-state index contributed by atoms with van der Waals surface area (Å²) in [6.45, 7) is 0.132. The normalized spacial score (nSPS) is 21.0. The van der Waals surface area contributed by atoms with Crippen molar-refractivity contribution in [1.29, 1.82) is 0 Å².